The van der Waals surface area contributed by atoms with Crippen LogP contribution in [-0.2, 0) is 17.8 Å². The van der Waals surface area contributed by atoms with Gasteiger partial charge in [0.25, 0.3) is 0 Å². The number of para-hydroxylation sites is 2. The number of fused-ring (bicyclic) bond motifs is 2. The zero-order valence-corrected chi connectivity index (χ0v) is 14.6. The lowest BCUT2D eigenvalue weighted by Gasteiger charge is -2.33. The molecule has 25 heavy (non-hydrogen) atoms. The van der Waals surface area contributed by atoms with Crippen LogP contribution in [0.3, 0.4) is 0 Å². The minimum Gasteiger partial charge on any atom is -0.339 e. The molecule has 1 aliphatic rings. The van der Waals surface area contributed by atoms with Crippen LogP contribution in [-0.4, -0.2) is 27.4 Å². The highest BCUT2D eigenvalue weighted by Gasteiger charge is 2.26. The Morgan fingerprint density at radius 2 is 2.00 bits per heavy atom. The summed E-state index contributed by atoms with van der Waals surface area (Å²) in [6, 6.07) is 16.8. The van der Waals surface area contributed by atoms with Crippen molar-refractivity contribution >= 4 is 16.9 Å². The second kappa shape index (κ2) is 6.71. The first kappa shape index (κ1) is 15.9. The van der Waals surface area contributed by atoms with Crippen molar-refractivity contribution in [2.24, 2.45) is 0 Å². The first-order valence-electron chi connectivity index (χ1n) is 8.97. The molecule has 3 aromatic rings. The van der Waals surface area contributed by atoms with Crippen molar-refractivity contribution in [1.29, 1.82) is 0 Å². The number of aryl methyl sites for hydroxylation is 2. The molecule has 0 saturated carbocycles. The third-order valence-electron chi connectivity index (χ3n) is 5.29. The Morgan fingerprint density at radius 3 is 2.92 bits per heavy atom. The van der Waals surface area contributed by atoms with Gasteiger partial charge in [-0.25, -0.2) is 4.98 Å². The molecule has 1 aromatic heterocycles. The fraction of sp³-hybridized carbons (Fsp3) is 0.333. The highest BCUT2D eigenvalue weighted by atomic mass is 16.2. The lowest BCUT2D eigenvalue weighted by Crippen LogP contribution is -2.33. The average Bonchev–Trinajstić information content (AvgIpc) is 3.08. The van der Waals surface area contributed by atoms with Crippen molar-refractivity contribution in [3.8, 4) is 0 Å². The molecule has 0 N–H and O–H groups in total. The molecule has 0 radical (unpaired) electrons. The molecule has 0 aliphatic heterocycles. The maximum Gasteiger partial charge on any atom is 0.224 e. The van der Waals surface area contributed by atoms with E-state index >= 15 is 0 Å². The van der Waals surface area contributed by atoms with Crippen LogP contribution in [0.2, 0.25) is 0 Å². The molecule has 2 aromatic carbocycles. The fourth-order valence-electron chi connectivity index (χ4n) is 3.89. The van der Waals surface area contributed by atoms with Gasteiger partial charge in [0.05, 0.1) is 23.4 Å². The van der Waals surface area contributed by atoms with Gasteiger partial charge in [-0.2, -0.15) is 0 Å². The first-order chi connectivity index (χ1) is 12.2. The number of imidazole rings is 1. The molecule has 1 atom stereocenters. The second-order valence-corrected chi connectivity index (χ2v) is 6.79. The quantitative estimate of drug-likeness (QED) is 0.725. The van der Waals surface area contributed by atoms with Gasteiger partial charge >= 0.3 is 0 Å². The van der Waals surface area contributed by atoms with Crippen molar-refractivity contribution in [2.45, 2.75) is 38.3 Å². The third-order valence-corrected chi connectivity index (χ3v) is 5.29. The number of hydrogen-bond donors (Lipinski definition) is 0. The van der Waals surface area contributed by atoms with E-state index in [0.29, 0.717) is 13.0 Å². The topological polar surface area (TPSA) is 38.1 Å². The van der Waals surface area contributed by atoms with E-state index in [4.69, 9.17) is 0 Å². The Bertz CT molecular complexity index is 899. The Morgan fingerprint density at radius 1 is 1.20 bits per heavy atom. The maximum atomic E-state index is 12.8. The lowest BCUT2D eigenvalue weighted by molar-refractivity contribution is -0.132. The van der Waals surface area contributed by atoms with Crippen molar-refractivity contribution in [1.82, 2.24) is 14.5 Å². The number of carbonyl (C=O) groups excluding carboxylic acids is 1. The highest BCUT2D eigenvalue weighted by molar-refractivity contribution is 5.78. The summed E-state index contributed by atoms with van der Waals surface area (Å²) in [5, 5.41) is 0. The largest absolute Gasteiger partial charge is 0.339 e. The van der Waals surface area contributed by atoms with Crippen molar-refractivity contribution in [3.63, 3.8) is 0 Å². The molecule has 4 heteroatoms. The van der Waals surface area contributed by atoms with Crippen LogP contribution in [0.25, 0.3) is 11.0 Å². The molecule has 1 amide bonds. The van der Waals surface area contributed by atoms with Crippen LogP contribution in [0.4, 0.5) is 0 Å². The number of carbonyl (C=O) groups is 1. The van der Waals surface area contributed by atoms with Gasteiger partial charge in [0, 0.05) is 20.0 Å². The number of rotatable bonds is 4. The van der Waals surface area contributed by atoms with E-state index in [2.05, 4.69) is 33.8 Å². The van der Waals surface area contributed by atoms with Gasteiger partial charge in [-0.3, -0.25) is 4.79 Å². The van der Waals surface area contributed by atoms with Crippen LogP contribution in [0.1, 0.15) is 36.4 Å². The molecular formula is C21H23N3O. The van der Waals surface area contributed by atoms with Crippen LogP contribution in [0, 0.1) is 0 Å². The summed E-state index contributed by atoms with van der Waals surface area (Å²) in [5.41, 5.74) is 4.77. The van der Waals surface area contributed by atoms with E-state index in [0.717, 1.165) is 30.3 Å². The summed E-state index contributed by atoms with van der Waals surface area (Å²) in [6.07, 6.45) is 5.64. The van der Waals surface area contributed by atoms with Gasteiger partial charge in [-0.15, -0.1) is 0 Å². The van der Waals surface area contributed by atoms with Crippen molar-refractivity contribution in [2.75, 3.05) is 7.05 Å². The molecule has 0 fully saturated rings. The second-order valence-electron chi connectivity index (χ2n) is 6.79. The van der Waals surface area contributed by atoms with Crippen LogP contribution in [0.15, 0.2) is 54.9 Å². The predicted octanol–water partition coefficient (Wildman–Crippen LogP) is 3.96. The van der Waals surface area contributed by atoms with Crippen LogP contribution < -0.4 is 0 Å². The summed E-state index contributed by atoms with van der Waals surface area (Å²) in [5.74, 6) is 0.194. The average molecular weight is 333 g/mol. The lowest BCUT2D eigenvalue weighted by atomic mass is 9.87. The number of amides is 1. The van der Waals surface area contributed by atoms with E-state index in [9.17, 15) is 4.79 Å². The Hall–Kier alpha value is -2.62. The predicted molar refractivity (Wildman–Crippen MR) is 99.2 cm³/mol. The van der Waals surface area contributed by atoms with Crippen molar-refractivity contribution in [3.05, 3.63) is 66.0 Å². The zero-order valence-electron chi connectivity index (χ0n) is 14.6. The molecule has 1 unspecified atom stereocenters. The summed E-state index contributed by atoms with van der Waals surface area (Å²) < 4.78 is 2.07. The molecule has 128 valence electrons. The van der Waals surface area contributed by atoms with E-state index in [1.54, 1.807) is 0 Å². The Labute approximate surface area is 148 Å². The monoisotopic (exact) mass is 333 g/mol. The molecule has 1 aliphatic carbocycles. The SMILES string of the molecule is CN(C(=O)CCn1cnc2ccccc21)C1CCCc2ccccc21. The Balaban J connectivity index is 1.46. The van der Waals surface area contributed by atoms with Gasteiger partial charge in [-0.1, -0.05) is 36.4 Å². The highest BCUT2D eigenvalue weighted by Crippen LogP contribution is 2.33. The summed E-state index contributed by atoms with van der Waals surface area (Å²) in [4.78, 5) is 19.1. The normalized spacial score (nSPS) is 16.6. The molecule has 4 rings (SSSR count). The third kappa shape index (κ3) is 3.04. The fourth-order valence-corrected chi connectivity index (χ4v) is 3.89. The number of aromatic nitrogens is 2. The van der Waals surface area contributed by atoms with Crippen molar-refractivity contribution < 1.29 is 4.79 Å². The van der Waals surface area contributed by atoms with E-state index in [1.807, 2.05) is 42.5 Å². The Kier molecular flexibility index (Phi) is 4.26. The standard InChI is InChI=1S/C21H23N3O/c1-23(19-12-6-8-16-7-2-3-9-17(16)19)21(25)13-14-24-15-22-18-10-4-5-11-20(18)24/h2-5,7,9-11,15,19H,6,8,12-14H2,1H3. The summed E-state index contributed by atoms with van der Waals surface area (Å²) in [6.45, 7) is 0.665. The minimum absolute atomic E-state index is 0.194. The smallest absolute Gasteiger partial charge is 0.224 e. The zero-order chi connectivity index (χ0) is 17.2. The van der Waals surface area contributed by atoms with Crippen LogP contribution in [0.5, 0.6) is 0 Å². The van der Waals surface area contributed by atoms with Crippen LogP contribution >= 0.6 is 0 Å². The van der Waals surface area contributed by atoms with Gasteiger partial charge in [0.15, 0.2) is 0 Å². The number of nitrogens with zero attached hydrogens (tertiary/aromatic N) is 3. The molecule has 4 nitrogen and oxygen atoms in total. The van der Waals surface area contributed by atoms with E-state index in [-0.39, 0.29) is 11.9 Å². The van der Waals surface area contributed by atoms with Gasteiger partial charge in [0.1, 0.15) is 0 Å². The maximum absolute atomic E-state index is 12.8. The summed E-state index contributed by atoms with van der Waals surface area (Å²) >= 11 is 0. The van der Waals surface area contributed by atoms with Gasteiger partial charge in [-0.05, 0) is 42.5 Å². The first-order valence-corrected chi connectivity index (χ1v) is 8.97. The van der Waals surface area contributed by atoms with Gasteiger partial charge < -0.3 is 9.47 Å². The molecular weight excluding hydrogens is 310 g/mol. The molecule has 0 saturated heterocycles. The minimum atomic E-state index is 0.194. The number of benzene rings is 2. The van der Waals surface area contributed by atoms with E-state index < -0.39 is 0 Å². The molecule has 0 bridgehead atoms. The summed E-state index contributed by atoms with van der Waals surface area (Å²) in [7, 11) is 1.95. The number of hydrogen-bond acceptors (Lipinski definition) is 2. The molecule has 0 spiro atoms. The molecule has 1 heterocycles. The van der Waals surface area contributed by atoms with E-state index in [1.165, 1.54) is 11.1 Å². The van der Waals surface area contributed by atoms with Gasteiger partial charge in [0.2, 0.25) is 5.91 Å².